The molecule has 3 N–H and O–H groups in total. The number of carbonyl (C=O) groups excluding carboxylic acids is 4. The van der Waals surface area contributed by atoms with Crippen LogP contribution in [-0.2, 0) is 65.4 Å². The number of esters is 4. The zero-order chi connectivity index (χ0) is 68.0. The molecule has 0 heterocycles. The second-order valence-corrected chi connectivity index (χ2v) is 30.4. The van der Waals surface area contributed by atoms with Crippen LogP contribution in [0.3, 0.4) is 0 Å². The van der Waals surface area contributed by atoms with Gasteiger partial charge in [-0.1, -0.05) is 318 Å². The van der Waals surface area contributed by atoms with Crippen LogP contribution in [0.1, 0.15) is 370 Å². The van der Waals surface area contributed by atoms with Gasteiger partial charge in [0.2, 0.25) is 0 Å². The van der Waals surface area contributed by atoms with Crippen molar-refractivity contribution in [1.82, 2.24) is 0 Å². The number of aliphatic hydroxyl groups is 1. The monoisotopic (exact) mass is 1350 g/mol. The predicted octanol–water partition coefficient (Wildman–Crippen LogP) is 21.0. The van der Waals surface area contributed by atoms with Crippen molar-refractivity contribution in [3.8, 4) is 0 Å². The van der Waals surface area contributed by atoms with E-state index in [0.717, 1.165) is 108 Å². The minimum atomic E-state index is -4.96. The maximum absolute atomic E-state index is 13.1. The lowest BCUT2D eigenvalue weighted by Gasteiger charge is -2.21. The molecule has 17 nitrogen and oxygen atoms in total. The van der Waals surface area contributed by atoms with Gasteiger partial charge in [0.05, 0.1) is 26.4 Å². The van der Waals surface area contributed by atoms with E-state index in [1.165, 1.54) is 180 Å². The van der Waals surface area contributed by atoms with Crippen LogP contribution in [-0.4, -0.2) is 96.7 Å². The first-order valence-corrected chi connectivity index (χ1v) is 40.9. The van der Waals surface area contributed by atoms with Crippen LogP contribution in [0.2, 0.25) is 0 Å². The second-order valence-electron chi connectivity index (χ2n) is 27.5. The molecular weight excluding hydrogens is 1210 g/mol. The summed E-state index contributed by atoms with van der Waals surface area (Å²) in [6, 6.07) is 0. The average Bonchev–Trinajstić information content (AvgIpc) is 2.47. The third-order valence-corrected chi connectivity index (χ3v) is 19.1. The number of ether oxygens (including phenoxy) is 4. The molecule has 0 aliphatic carbocycles. The van der Waals surface area contributed by atoms with Gasteiger partial charge in [-0.25, -0.2) is 9.13 Å². The van der Waals surface area contributed by atoms with E-state index in [1.54, 1.807) is 0 Å². The van der Waals surface area contributed by atoms with Crippen LogP contribution in [0.15, 0.2) is 0 Å². The third-order valence-electron chi connectivity index (χ3n) is 17.2. The molecule has 0 aromatic carbocycles. The van der Waals surface area contributed by atoms with Crippen molar-refractivity contribution in [2.45, 2.75) is 388 Å². The molecule has 0 aliphatic rings. The number of hydrogen-bond acceptors (Lipinski definition) is 15. The fourth-order valence-electron chi connectivity index (χ4n) is 11.0. The highest BCUT2D eigenvalue weighted by Gasteiger charge is 2.30. The summed E-state index contributed by atoms with van der Waals surface area (Å²) < 4.78 is 68.3. The molecule has 0 radical (unpaired) electrons. The van der Waals surface area contributed by atoms with Gasteiger partial charge in [0.15, 0.2) is 12.2 Å². The van der Waals surface area contributed by atoms with E-state index in [9.17, 15) is 43.2 Å². The number of phosphoric ester groups is 2. The number of rotatable bonds is 71. The van der Waals surface area contributed by atoms with Gasteiger partial charge in [0.1, 0.15) is 19.3 Å². The van der Waals surface area contributed by atoms with Crippen LogP contribution in [0.5, 0.6) is 0 Å². The van der Waals surface area contributed by atoms with Gasteiger partial charge in [-0.15, -0.1) is 0 Å². The second kappa shape index (κ2) is 63.8. The average molecular weight is 1350 g/mol. The van der Waals surface area contributed by atoms with E-state index in [2.05, 4.69) is 48.5 Å². The Balaban J connectivity index is 5.22. The fraction of sp³-hybridized carbons (Fsp3) is 0.945. The Morgan fingerprint density at radius 2 is 0.554 bits per heavy atom. The first-order valence-electron chi connectivity index (χ1n) is 37.9. The molecule has 0 amide bonds. The van der Waals surface area contributed by atoms with Crippen LogP contribution in [0.4, 0.5) is 0 Å². The van der Waals surface area contributed by atoms with E-state index in [1.807, 2.05) is 0 Å². The van der Waals surface area contributed by atoms with E-state index in [-0.39, 0.29) is 25.7 Å². The topological polar surface area (TPSA) is 237 Å². The summed E-state index contributed by atoms with van der Waals surface area (Å²) in [6.07, 6.45) is 48.6. The van der Waals surface area contributed by atoms with E-state index in [4.69, 9.17) is 37.0 Å². The largest absolute Gasteiger partial charge is 0.472 e. The summed E-state index contributed by atoms with van der Waals surface area (Å²) >= 11 is 0. The summed E-state index contributed by atoms with van der Waals surface area (Å²) in [4.78, 5) is 72.6. The SMILES string of the molecule is CCCCCCCCCCCC(=O)OC[C@H](COP(=O)(O)OC[C@H](O)COP(=O)(O)OC[C@@H](COC(=O)CCCCCCCCCCCCCCC(C)C)OC(=O)CCCCCCCCCCCCCCCCCC(C)C)OC(=O)CCCCCCCCC(C)CC. The van der Waals surface area contributed by atoms with Crippen LogP contribution < -0.4 is 0 Å². The zero-order valence-corrected chi connectivity index (χ0v) is 61.8. The van der Waals surface area contributed by atoms with Gasteiger partial charge < -0.3 is 33.8 Å². The van der Waals surface area contributed by atoms with Crippen LogP contribution in [0, 0.1) is 17.8 Å². The van der Waals surface area contributed by atoms with Crippen molar-refractivity contribution in [2.75, 3.05) is 39.6 Å². The molecule has 6 atom stereocenters. The Morgan fingerprint density at radius 3 is 0.826 bits per heavy atom. The Morgan fingerprint density at radius 1 is 0.315 bits per heavy atom. The number of aliphatic hydroxyl groups excluding tert-OH is 1. The highest BCUT2D eigenvalue weighted by molar-refractivity contribution is 7.47. The molecule has 0 aromatic rings. The van der Waals surface area contributed by atoms with Gasteiger partial charge in [-0.2, -0.15) is 0 Å². The standard InChI is InChI=1S/C73H142O17P2/c1-8-10-11-12-13-25-32-40-47-54-70(75)83-61-69(90-73(78)57-50-43-36-35-39-46-53-66(7)9-2)63-88-92(81,82)86-59-67(74)58-85-91(79,80)87-62-68(60-84-71(76)55-48-41-33-28-23-20-19-22-27-31-38-45-52-65(5)6)89-72(77)56-49-42-34-29-24-18-16-14-15-17-21-26-30-37-44-51-64(3)4/h64-69,74H,8-63H2,1-7H3,(H,79,80)(H,81,82)/t66?,67-,68-,69-/m1/s1. The summed E-state index contributed by atoms with van der Waals surface area (Å²) in [6.45, 7) is 11.8. The Labute approximate surface area is 562 Å². The van der Waals surface area contributed by atoms with Crippen LogP contribution in [0.25, 0.3) is 0 Å². The van der Waals surface area contributed by atoms with Gasteiger partial charge in [0.25, 0.3) is 0 Å². The summed E-state index contributed by atoms with van der Waals surface area (Å²) in [5.74, 6) is 0.179. The molecule has 0 spiro atoms. The Hall–Kier alpha value is -1.94. The van der Waals surface area contributed by atoms with Crippen molar-refractivity contribution in [3.05, 3.63) is 0 Å². The smallest absolute Gasteiger partial charge is 0.462 e. The maximum atomic E-state index is 13.1. The van der Waals surface area contributed by atoms with Crippen LogP contribution >= 0.6 is 15.6 Å². The molecule has 0 fully saturated rings. The first kappa shape index (κ1) is 90.1. The van der Waals surface area contributed by atoms with Crippen molar-refractivity contribution < 1.29 is 80.2 Å². The van der Waals surface area contributed by atoms with Gasteiger partial charge >= 0.3 is 39.5 Å². The van der Waals surface area contributed by atoms with Gasteiger partial charge in [0, 0.05) is 25.7 Å². The summed E-state index contributed by atoms with van der Waals surface area (Å²) in [5, 5.41) is 10.6. The van der Waals surface area contributed by atoms with Crippen molar-refractivity contribution in [3.63, 3.8) is 0 Å². The minimum Gasteiger partial charge on any atom is -0.462 e. The molecule has 0 rings (SSSR count). The highest BCUT2D eigenvalue weighted by atomic mass is 31.2. The van der Waals surface area contributed by atoms with Crippen molar-refractivity contribution in [2.24, 2.45) is 17.8 Å². The molecule has 3 unspecified atom stereocenters. The summed E-state index contributed by atoms with van der Waals surface area (Å²) in [5.41, 5.74) is 0. The number of hydrogen-bond donors (Lipinski definition) is 3. The molecule has 0 aliphatic heterocycles. The van der Waals surface area contributed by atoms with Crippen molar-refractivity contribution >= 4 is 39.5 Å². The van der Waals surface area contributed by atoms with E-state index < -0.39 is 97.5 Å². The molecule has 0 bridgehead atoms. The normalized spacial score (nSPS) is 14.4. The van der Waals surface area contributed by atoms with E-state index >= 15 is 0 Å². The maximum Gasteiger partial charge on any atom is 0.472 e. The minimum absolute atomic E-state index is 0.103. The third kappa shape index (κ3) is 65.4. The molecular formula is C73H142O17P2. The van der Waals surface area contributed by atoms with Gasteiger partial charge in [-0.05, 0) is 43.4 Å². The lowest BCUT2D eigenvalue weighted by atomic mass is 10.00. The number of carbonyl (C=O) groups is 4. The fourth-order valence-corrected chi connectivity index (χ4v) is 12.6. The molecule has 546 valence electrons. The Bertz CT molecular complexity index is 1800. The molecule has 0 saturated heterocycles. The molecule has 92 heavy (non-hydrogen) atoms. The lowest BCUT2D eigenvalue weighted by Crippen LogP contribution is -2.30. The first-order chi connectivity index (χ1) is 44.3. The highest BCUT2D eigenvalue weighted by Crippen LogP contribution is 2.45. The Kier molecular flexibility index (Phi) is 62.4. The number of phosphoric acid groups is 2. The van der Waals surface area contributed by atoms with E-state index in [0.29, 0.717) is 25.7 Å². The number of unbranched alkanes of at least 4 members (excludes halogenated alkanes) is 38. The van der Waals surface area contributed by atoms with Crippen molar-refractivity contribution in [1.29, 1.82) is 0 Å². The molecule has 0 aromatic heterocycles. The molecule has 19 heteroatoms. The predicted molar refractivity (Wildman–Crippen MR) is 372 cm³/mol. The summed E-state index contributed by atoms with van der Waals surface area (Å²) in [7, 11) is -9.90. The zero-order valence-electron chi connectivity index (χ0n) is 60.0. The quantitative estimate of drug-likeness (QED) is 0.0222. The van der Waals surface area contributed by atoms with Gasteiger partial charge in [-0.3, -0.25) is 37.3 Å². The lowest BCUT2D eigenvalue weighted by molar-refractivity contribution is -0.161. The molecule has 0 saturated carbocycles.